The molecule has 1 aromatic carbocycles. The van der Waals surface area contributed by atoms with E-state index in [1.165, 1.54) is 28.1 Å². The van der Waals surface area contributed by atoms with Crippen molar-refractivity contribution in [1.82, 2.24) is 18.9 Å². The molecule has 0 aliphatic carbocycles. The zero-order valence-electron chi connectivity index (χ0n) is 15.9. The molecule has 29 heavy (non-hydrogen) atoms. The van der Waals surface area contributed by atoms with Crippen LogP contribution >= 0.6 is 0 Å². The summed E-state index contributed by atoms with van der Waals surface area (Å²) in [5.41, 5.74) is 0.621. The number of ether oxygens (including phenoxy) is 1. The fourth-order valence-electron chi connectivity index (χ4n) is 3.43. The number of amides is 1. The van der Waals surface area contributed by atoms with Crippen molar-refractivity contribution in [3.8, 4) is 5.75 Å². The first-order chi connectivity index (χ1) is 14.0. The number of carbonyl (C=O) groups excluding carboxylic acids is 1. The number of benzene rings is 1. The van der Waals surface area contributed by atoms with E-state index in [-0.39, 0.29) is 17.3 Å². The summed E-state index contributed by atoms with van der Waals surface area (Å²) in [6.07, 6.45) is 4.42. The van der Waals surface area contributed by atoms with Gasteiger partial charge in [-0.05, 0) is 43.2 Å². The smallest absolute Gasteiger partial charge is 0.243 e. The summed E-state index contributed by atoms with van der Waals surface area (Å²) in [6, 6.07) is 9.65. The topological polar surface area (TPSA) is 106 Å². The fraction of sp³-hybridized carbons (Fsp3) is 0.316. The van der Waals surface area contributed by atoms with Gasteiger partial charge in [-0.2, -0.15) is 13.9 Å². The highest BCUT2D eigenvalue weighted by molar-refractivity contribution is 7.89. The molecule has 4 rings (SSSR count). The molecule has 2 aromatic heterocycles. The zero-order chi connectivity index (χ0) is 20.4. The lowest BCUT2D eigenvalue weighted by Crippen LogP contribution is -2.43. The lowest BCUT2D eigenvalue weighted by Gasteiger charge is -2.31. The van der Waals surface area contributed by atoms with Gasteiger partial charge in [0.1, 0.15) is 11.6 Å². The maximum atomic E-state index is 13.0. The van der Waals surface area contributed by atoms with E-state index in [9.17, 15) is 13.2 Å². The normalized spacial score (nSPS) is 17.9. The molecule has 152 valence electrons. The summed E-state index contributed by atoms with van der Waals surface area (Å²) in [7, 11) is -2.16. The third kappa shape index (κ3) is 3.81. The molecule has 0 bridgehead atoms. The number of carbonyl (C=O) groups is 1. The van der Waals surface area contributed by atoms with Gasteiger partial charge in [-0.25, -0.2) is 13.4 Å². The van der Waals surface area contributed by atoms with E-state index < -0.39 is 15.9 Å². The van der Waals surface area contributed by atoms with E-state index in [2.05, 4.69) is 15.4 Å². The molecule has 0 radical (unpaired) electrons. The maximum absolute atomic E-state index is 13.0. The fourth-order valence-corrected chi connectivity index (χ4v) is 4.95. The number of rotatable bonds is 5. The van der Waals surface area contributed by atoms with Crippen LogP contribution in [0.3, 0.4) is 0 Å². The third-order valence-electron chi connectivity index (χ3n) is 4.99. The van der Waals surface area contributed by atoms with Crippen LogP contribution in [-0.4, -0.2) is 53.4 Å². The van der Waals surface area contributed by atoms with Crippen LogP contribution in [-0.2, 0) is 14.8 Å². The second-order valence-corrected chi connectivity index (χ2v) is 8.74. The lowest BCUT2D eigenvalue weighted by molar-refractivity contribution is -0.120. The number of hydrogen-bond acceptors (Lipinski definition) is 6. The Hall–Kier alpha value is -2.98. The molecule has 1 fully saturated rings. The Morgan fingerprint density at radius 3 is 2.72 bits per heavy atom. The van der Waals surface area contributed by atoms with Gasteiger partial charge in [-0.1, -0.05) is 0 Å². The second-order valence-electron chi connectivity index (χ2n) is 6.80. The van der Waals surface area contributed by atoms with Crippen LogP contribution in [0.4, 0.5) is 5.82 Å². The number of sulfonamides is 1. The summed E-state index contributed by atoms with van der Waals surface area (Å²) < 4.78 is 34.0. The highest BCUT2D eigenvalue weighted by Crippen LogP contribution is 2.26. The minimum atomic E-state index is -3.68. The van der Waals surface area contributed by atoms with Crippen LogP contribution in [0.2, 0.25) is 0 Å². The Balaban J connectivity index is 1.50. The van der Waals surface area contributed by atoms with Crippen molar-refractivity contribution in [1.29, 1.82) is 0 Å². The van der Waals surface area contributed by atoms with Crippen molar-refractivity contribution < 1.29 is 17.9 Å². The molecule has 9 nitrogen and oxygen atoms in total. The third-order valence-corrected chi connectivity index (χ3v) is 6.87. The first-order valence-corrected chi connectivity index (χ1v) is 10.7. The van der Waals surface area contributed by atoms with E-state index in [1.807, 2.05) is 0 Å². The Morgan fingerprint density at radius 1 is 1.17 bits per heavy atom. The van der Waals surface area contributed by atoms with Gasteiger partial charge in [-0.15, -0.1) is 0 Å². The van der Waals surface area contributed by atoms with E-state index in [0.29, 0.717) is 36.6 Å². The van der Waals surface area contributed by atoms with Crippen molar-refractivity contribution in [2.45, 2.75) is 17.7 Å². The summed E-state index contributed by atoms with van der Waals surface area (Å²) in [6.45, 7) is 0.518. The molecule has 1 N–H and O–H groups in total. The minimum Gasteiger partial charge on any atom is -0.497 e. The van der Waals surface area contributed by atoms with Gasteiger partial charge >= 0.3 is 0 Å². The van der Waals surface area contributed by atoms with Crippen molar-refractivity contribution in [2.24, 2.45) is 5.92 Å². The molecule has 1 atom stereocenters. The van der Waals surface area contributed by atoms with Crippen molar-refractivity contribution in [3.05, 3.63) is 48.8 Å². The SMILES string of the molecule is COc1ccc(S(=O)(=O)N2CCCC(C(=O)Nc3ccnc4ccnn34)C2)cc1. The Bertz CT molecular complexity index is 1130. The summed E-state index contributed by atoms with van der Waals surface area (Å²) >= 11 is 0. The number of anilines is 1. The first-order valence-electron chi connectivity index (χ1n) is 9.23. The number of nitrogens with one attached hydrogen (secondary N) is 1. The molecular formula is C19H21N5O4S. The van der Waals surface area contributed by atoms with E-state index >= 15 is 0 Å². The van der Waals surface area contributed by atoms with Gasteiger partial charge in [0.2, 0.25) is 15.9 Å². The van der Waals surface area contributed by atoms with Gasteiger partial charge in [-0.3, -0.25) is 4.79 Å². The Morgan fingerprint density at radius 2 is 1.97 bits per heavy atom. The van der Waals surface area contributed by atoms with Crippen LogP contribution in [0.15, 0.2) is 53.7 Å². The Labute approximate surface area is 168 Å². The Kier molecular flexibility index (Phi) is 5.20. The average Bonchev–Trinajstić information content (AvgIpc) is 3.24. The second kappa shape index (κ2) is 7.80. The molecule has 3 heterocycles. The maximum Gasteiger partial charge on any atom is 0.243 e. The number of aromatic nitrogens is 3. The molecule has 1 unspecified atom stereocenters. The summed E-state index contributed by atoms with van der Waals surface area (Å²) in [5, 5.41) is 7.00. The standard InChI is InChI=1S/C19H21N5O4S/c1-28-15-4-6-16(7-5-15)29(26,27)23-12-2-3-14(13-23)19(25)22-18-8-10-20-17-9-11-21-24(17)18/h4-11,14H,2-3,12-13H2,1H3,(H,22,25). The van der Waals surface area contributed by atoms with Crippen molar-refractivity contribution >= 4 is 27.4 Å². The van der Waals surface area contributed by atoms with Crippen LogP contribution in [0.25, 0.3) is 5.65 Å². The van der Waals surface area contributed by atoms with Crippen LogP contribution in [0.5, 0.6) is 5.75 Å². The average molecular weight is 415 g/mol. The number of nitrogens with zero attached hydrogens (tertiary/aromatic N) is 4. The van der Waals surface area contributed by atoms with Crippen molar-refractivity contribution in [3.63, 3.8) is 0 Å². The van der Waals surface area contributed by atoms with E-state index in [1.54, 1.807) is 36.7 Å². The predicted molar refractivity (Wildman–Crippen MR) is 106 cm³/mol. The largest absolute Gasteiger partial charge is 0.497 e. The quantitative estimate of drug-likeness (QED) is 0.681. The summed E-state index contributed by atoms with van der Waals surface area (Å²) in [5.74, 6) is 0.403. The predicted octanol–water partition coefficient (Wildman–Crippen LogP) is 1.78. The van der Waals surface area contributed by atoms with Crippen LogP contribution in [0.1, 0.15) is 12.8 Å². The van der Waals surface area contributed by atoms with E-state index in [0.717, 1.165) is 0 Å². The first kappa shape index (κ1) is 19.3. The highest BCUT2D eigenvalue weighted by Gasteiger charge is 2.33. The highest BCUT2D eigenvalue weighted by atomic mass is 32.2. The van der Waals surface area contributed by atoms with Gasteiger partial charge in [0.15, 0.2) is 5.65 Å². The number of methoxy groups -OCH3 is 1. The molecular weight excluding hydrogens is 394 g/mol. The number of hydrogen-bond donors (Lipinski definition) is 1. The minimum absolute atomic E-state index is 0.132. The van der Waals surface area contributed by atoms with E-state index in [4.69, 9.17) is 4.74 Å². The van der Waals surface area contributed by atoms with Gasteiger partial charge < -0.3 is 10.1 Å². The number of piperidine rings is 1. The van der Waals surface area contributed by atoms with Gasteiger partial charge in [0.05, 0.1) is 24.1 Å². The van der Waals surface area contributed by atoms with Gasteiger partial charge in [0, 0.05) is 25.4 Å². The molecule has 0 spiro atoms. The molecule has 1 amide bonds. The zero-order valence-corrected chi connectivity index (χ0v) is 16.7. The van der Waals surface area contributed by atoms with Crippen molar-refractivity contribution in [2.75, 3.05) is 25.5 Å². The molecule has 10 heteroatoms. The summed E-state index contributed by atoms with van der Waals surface area (Å²) in [4.78, 5) is 17.2. The molecule has 3 aromatic rings. The van der Waals surface area contributed by atoms with Crippen LogP contribution < -0.4 is 10.1 Å². The molecule has 1 aliphatic heterocycles. The lowest BCUT2D eigenvalue weighted by atomic mass is 9.99. The van der Waals surface area contributed by atoms with Crippen LogP contribution in [0, 0.1) is 5.92 Å². The number of fused-ring (bicyclic) bond motifs is 1. The molecule has 0 saturated carbocycles. The molecule has 1 saturated heterocycles. The van der Waals surface area contributed by atoms with Gasteiger partial charge in [0.25, 0.3) is 0 Å². The monoisotopic (exact) mass is 415 g/mol. The molecule has 1 aliphatic rings.